The minimum atomic E-state index is -4.93. The summed E-state index contributed by atoms with van der Waals surface area (Å²) in [7, 11) is 0. The van der Waals surface area contributed by atoms with E-state index in [1.54, 1.807) is 38.1 Å². The number of benzene rings is 2. The van der Waals surface area contributed by atoms with Crippen LogP contribution in [0.2, 0.25) is 0 Å². The maximum Gasteiger partial charge on any atom is 0.437 e. The van der Waals surface area contributed by atoms with Crippen molar-refractivity contribution in [1.29, 1.82) is 5.26 Å². The third-order valence-electron chi connectivity index (χ3n) is 6.28. The van der Waals surface area contributed by atoms with Gasteiger partial charge in [-0.15, -0.1) is 0 Å². The number of anilines is 1. The van der Waals surface area contributed by atoms with Crippen molar-refractivity contribution in [2.45, 2.75) is 38.9 Å². The van der Waals surface area contributed by atoms with Crippen LogP contribution >= 0.6 is 0 Å². The highest BCUT2D eigenvalue weighted by Crippen LogP contribution is 2.37. The molecule has 4 rings (SSSR count). The second-order valence-electron chi connectivity index (χ2n) is 9.41. The number of carbonyl (C=O) groups is 2. The molecule has 12 heteroatoms. The molecule has 0 atom stereocenters. The van der Waals surface area contributed by atoms with Gasteiger partial charge in [0, 0.05) is 5.39 Å². The van der Waals surface area contributed by atoms with Crippen molar-refractivity contribution in [3.63, 3.8) is 0 Å². The van der Waals surface area contributed by atoms with Crippen LogP contribution in [0.5, 0.6) is 0 Å². The molecule has 0 saturated heterocycles. The zero-order chi connectivity index (χ0) is 28.7. The van der Waals surface area contributed by atoms with Crippen LogP contribution in [-0.4, -0.2) is 26.6 Å². The van der Waals surface area contributed by atoms with Crippen LogP contribution in [0.3, 0.4) is 0 Å². The summed E-state index contributed by atoms with van der Waals surface area (Å²) in [6, 6.07) is 13.6. The van der Waals surface area contributed by atoms with Gasteiger partial charge in [-0.05, 0) is 50.1 Å². The monoisotopic (exact) mass is 538 g/mol. The molecule has 4 aromatic rings. The summed E-state index contributed by atoms with van der Waals surface area (Å²) in [5.74, 6) is -2.96. The molecule has 2 heterocycles. The van der Waals surface area contributed by atoms with Crippen LogP contribution in [0.4, 0.5) is 23.2 Å². The summed E-state index contributed by atoms with van der Waals surface area (Å²) in [6.45, 7) is 4.78. The van der Waals surface area contributed by atoms with Crippen molar-refractivity contribution >= 4 is 28.4 Å². The first-order valence-corrected chi connectivity index (χ1v) is 11.6. The number of hydrogen-bond acceptors (Lipinski definition) is 5. The zero-order valence-electron chi connectivity index (χ0n) is 21.0. The molecule has 0 bridgehead atoms. The van der Waals surface area contributed by atoms with Gasteiger partial charge in [0.15, 0.2) is 5.69 Å². The first-order valence-electron chi connectivity index (χ1n) is 11.6. The average Bonchev–Trinajstić information content (AvgIpc) is 3.19. The van der Waals surface area contributed by atoms with E-state index >= 15 is 0 Å². The van der Waals surface area contributed by atoms with Crippen LogP contribution in [0, 0.1) is 24.1 Å². The van der Waals surface area contributed by atoms with Gasteiger partial charge in [-0.25, -0.2) is 9.37 Å². The Balaban J connectivity index is 1.74. The van der Waals surface area contributed by atoms with E-state index in [0.717, 1.165) is 22.4 Å². The lowest BCUT2D eigenvalue weighted by Gasteiger charge is -2.16. The first kappa shape index (κ1) is 27.3. The number of aromatic nitrogens is 3. The molecule has 2 amide bonds. The number of nitrogens with two attached hydrogens (primary N) is 1. The summed E-state index contributed by atoms with van der Waals surface area (Å²) in [4.78, 5) is 28.9. The number of nitrogens with zero attached hydrogens (tertiary/aromatic N) is 4. The average molecular weight is 539 g/mol. The minimum Gasteiger partial charge on any atom is -0.364 e. The van der Waals surface area contributed by atoms with Gasteiger partial charge in [0.05, 0.1) is 40.5 Å². The summed E-state index contributed by atoms with van der Waals surface area (Å²) < 4.78 is 57.6. The first-order chi connectivity index (χ1) is 18.2. The van der Waals surface area contributed by atoms with Gasteiger partial charge in [0.25, 0.3) is 11.8 Å². The largest absolute Gasteiger partial charge is 0.437 e. The highest BCUT2D eigenvalue weighted by atomic mass is 19.4. The lowest BCUT2D eigenvalue weighted by atomic mass is 9.86. The van der Waals surface area contributed by atoms with E-state index < -0.39 is 46.2 Å². The van der Waals surface area contributed by atoms with E-state index in [1.165, 1.54) is 19.1 Å². The summed E-state index contributed by atoms with van der Waals surface area (Å²) >= 11 is 0. The van der Waals surface area contributed by atoms with Gasteiger partial charge < -0.3 is 11.1 Å². The lowest BCUT2D eigenvalue weighted by molar-refractivity contribution is -0.140. The number of nitriles is 1. The SMILES string of the molecule is Cc1c(NC(=O)c2cc(C(N)=O)nc3cccc(F)c23)c(C(F)(F)F)nn1Cc1ccc(C(C)(C)C#N)cc1. The van der Waals surface area contributed by atoms with Crippen LogP contribution in [-0.2, 0) is 18.1 Å². The van der Waals surface area contributed by atoms with Gasteiger partial charge in [-0.2, -0.15) is 23.5 Å². The molecular weight excluding hydrogens is 516 g/mol. The molecule has 0 unspecified atom stereocenters. The highest BCUT2D eigenvalue weighted by molar-refractivity contribution is 6.14. The topological polar surface area (TPSA) is 127 Å². The van der Waals surface area contributed by atoms with Gasteiger partial charge >= 0.3 is 6.18 Å². The van der Waals surface area contributed by atoms with E-state index in [9.17, 15) is 32.4 Å². The Hall–Kier alpha value is -4.79. The predicted octanol–water partition coefficient (Wildman–Crippen LogP) is 5.10. The van der Waals surface area contributed by atoms with Crippen molar-refractivity contribution in [2.24, 2.45) is 5.73 Å². The lowest BCUT2D eigenvalue weighted by Crippen LogP contribution is -2.20. The number of rotatable bonds is 6. The van der Waals surface area contributed by atoms with Gasteiger partial charge in [-0.1, -0.05) is 30.3 Å². The fourth-order valence-corrected chi connectivity index (χ4v) is 4.04. The maximum atomic E-state index is 14.6. The Morgan fingerprint density at radius 3 is 2.38 bits per heavy atom. The van der Waals surface area contributed by atoms with Crippen LogP contribution < -0.4 is 11.1 Å². The van der Waals surface area contributed by atoms with Gasteiger partial charge in [-0.3, -0.25) is 14.3 Å². The number of halogens is 4. The number of alkyl halides is 3. The number of amides is 2. The van der Waals surface area contributed by atoms with Crippen molar-refractivity contribution < 1.29 is 27.2 Å². The zero-order valence-corrected chi connectivity index (χ0v) is 21.0. The van der Waals surface area contributed by atoms with Crippen LogP contribution in [0.25, 0.3) is 10.9 Å². The van der Waals surface area contributed by atoms with Crippen LogP contribution in [0.15, 0.2) is 48.5 Å². The molecule has 0 radical (unpaired) electrons. The van der Waals surface area contributed by atoms with Crippen molar-refractivity contribution in [3.05, 3.63) is 88.1 Å². The van der Waals surface area contributed by atoms with Crippen molar-refractivity contribution in [1.82, 2.24) is 14.8 Å². The van der Waals surface area contributed by atoms with Crippen LogP contribution in [0.1, 0.15) is 57.2 Å². The molecule has 0 fully saturated rings. The molecule has 0 aliphatic heterocycles. The molecule has 3 N–H and O–H groups in total. The molecule has 2 aromatic carbocycles. The second-order valence-corrected chi connectivity index (χ2v) is 9.41. The second kappa shape index (κ2) is 9.83. The molecule has 0 spiro atoms. The molecule has 2 aromatic heterocycles. The Morgan fingerprint density at radius 2 is 1.79 bits per heavy atom. The third kappa shape index (κ3) is 5.29. The minimum absolute atomic E-state index is 0.00827. The van der Waals surface area contributed by atoms with E-state index in [-0.39, 0.29) is 28.8 Å². The Kier molecular flexibility index (Phi) is 6.87. The Bertz CT molecular complexity index is 1650. The third-order valence-corrected chi connectivity index (χ3v) is 6.28. The molecule has 200 valence electrons. The van der Waals surface area contributed by atoms with Gasteiger partial charge in [0.1, 0.15) is 11.5 Å². The van der Waals surface area contributed by atoms with E-state index in [0.29, 0.717) is 5.56 Å². The standard InChI is InChI=1S/C27H22F4N6O2/c1-14-22(35-25(39)17-11-20(24(33)38)34-19-6-4-5-18(28)21(17)19)23(27(29,30)31)36-37(14)12-15-7-9-16(10-8-15)26(2,3)13-32/h4-11H,12H2,1-3H3,(H2,33,38)(H,35,39). The number of primary amides is 1. The summed E-state index contributed by atoms with van der Waals surface area (Å²) in [5.41, 5.74) is 3.08. The number of hydrogen-bond donors (Lipinski definition) is 2. The highest BCUT2D eigenvalue weighted by Gasteiger charge is 2.39. The molecule has 0 aliphatic carbocycles. The van der Waals surface area contributed by atoms with Crippen molar-refractivity contribution in [3.8, 4) is 6.07 Å². The Labute approximate surface area is 220 Å². The maximum absolute atomic E-state index is 14.6. The smallest absolute Gasteiger partial charge is 0.364 e. The molecule has 0 aliphatic rings. The normalized spacial score (nSPS) is 11.8. The van der Waals surface area contributed by atoms with E-state index in [2.05, 4.69) is 21.5 Å². The number of pyridine rings is 1. The Morgan fingerprint density at radius 1 is 1.13 bits per heavy atom. The summed E-state index contributed by atoms with van der Waals surface area (Å²) in [5, 5.41) is 14.9. The molecule has 0 saturated carbocycles. The quantitative estimate of drug-likeness (QED) is 0.331. The molecular formula is C27H22F4N6O2. The molecule has 39 heavy (non-hydrogen) atoms. The number of nitrogens with one attached hydrogen (secondary N) is 1. The predicted molar refractivity (Wildman–Crippen MR) is 134 cm³/mol. The fraction of sp³-hybridized carbons (Fsp3) is 0.222. The summed E-state index contributed by atoms with van der Waals surface area (Å²) in [6.07, 6.45) is -4.93. The number of carbonyl (C=O) groups excluding carboxylic acids is 2. The van der Waals surface area contributed by atoms with E-state index in [4.69, 9.17) is 5.73 Å². The fourth-order valence-electron chi connectivity index (χ4n) is 4.04. The van der Waals surface area contributed by atoms with Crippen molar-refractivity contribution in [2.75, 3.05) is 5.32 Å². The number of fused-ring (bicyclic) bond motifs is 1. The van der Waals surface area contributed by atoms with Gasteiger partial charge in [0.2, 0.25) is 0 Å². The molecule has 8 nitrogen and oxygen atoms in total. The van der Waals surface area contributed by atoms with E-state index in [1.807, 2.05) is 0 Å².